The summed E-state index contributed by atoms with van der Waals surface area (Å²) in [5.74, 6) is 0.0777. The lowest BCUT2D eigenvalue weighted by Crippen LogP contribution is -1.97. The number of nitrogen functional groups attached to an aromatic ring is 1. The highest BCUT2D eigenvalue weighted by Crippen LogP contribution is 2.20. The normalized spacial score (nSPS) is 11.4. The van der Waals surface area contributed by atoms with E-state index in [1.807, 2.05) is 0 Å². The number of benzene rings is 1. The summed E-state index contributed by atoms with van der Waals surface area (Å²) in [4.78, 5) is 4.61. The van der Waals surface area contributed by atoms with Crippen molar-refractivity contribution in [2.24, 2.45) is 5.16 Å². The molecule has 3 N–H and O–H groups in total. The van der Waals surface area contributed by atoms with Crippen LogP contribution in [0.15, 0.2) is 23.4 Å². The number of anilines is 1. The zero-order chi connectivity index (χ0) is 9.84. The molecule has 1 aromatic rings. The van der Waals surface area contributed by atoms with Crippen LogP contribution in [-0.4, -0.2) is 17.9 Å². The second-order valence-corrected chi connectivity index (χ2v) is 2.63. The van der Waals surface area contributed by atoms with Crippen molar-refractivity contribution in [1.82, 2.24) is 0 Å². The molecular formula is C9H12N2O2. The number of phenols is 1. The van der Waals surface area contributed by atoms with Crippen LogP contribution in [0.3, 0.4) is 0 Å². The molecule has 0 aliphatic rings. The van der Waals surface area contributed by atoms with Gasteiger partial charge in [-0.3, -0.25) is 0 Å². The number of nitrogens with two attached hydrogens (primary N) is 1. The predicted molar refractivity (Wildman–Crippen MR) is 51.7 cm³/mol. The van der Waals surface area contributed by atoms with Crippen LogP contribution < -0.4 is 5.73 Å². The van der Waals surface area contributed by atoms with Gasteiger partial charge in [0.1, 0.15) is 12.9 Å². The van der Waals surface area contributed by atoms with E-state index in [-0.39, 0.29) is 5.75 Å². The average molecular weight is 180 g/mol. The van der Waals surface area contributed by atoms with Gasteiger partial charge in [0.15, 0.2) is 0 Å². The summed E-state index contributed by atoms with van der Waals surface area (Å²) >= 11 is 0. The maximum absolute atomic E-state index is 9.16. The minimum absolute atomic E-state index is 0.0777. The van der Waals surface area contributed by atoms with Crippen LogP contribution in [0, 0.1) is 0 Å². The molecule has 13 heavy (non-hydrogen) atoms. The number of nitrogens with zero attached hydrogens (tertiary/aromatic N) is 1. The fourth-order valence-electron chi connectivity index (χ4n) is 0.969. The molecule has 0 aliphatic heterocycles. The van der Waals surface area contributed by atoms with Crippen LogP contribution in [-0.2, 0) is 4.84 Å². The van der Waals surface area contributed by atoms with Gasteiger partial charge in [0.2, 0.25) is 0 Å². The largest absolute Gasteiger partial charge is 0.506 e. The van der Waals surface area contributed by atoms with E-state index in [0.29, 0.717) is 11.4 Å². The number of rotatable bonds is 2. The number of oxime groups is 1. The summed E-state index contributed by atoms with van der Waals surface area (Å²) in [6.45, 7) is 1.80. The Balaban J connectivity index is 3.04. The Morgan fingerprint density at radius 3 is 2.77 bits per heavy atom. The summed E-state index contributed by atoms with van der Waals surface area (Å²) in [7, 11) is 1.48. The van der Waals surface area contributed by atoms with Gasteiger partial charge in [-0.2, -0.15) is 0 Å². The Hall–Kier alpha value is -1.71. The Labute approximate surface area is 76.6 Å². The third-order valence-electron chi connectivity index (χ3n) is 1.67. The van der Waals surface area contributed by atoms with Crippen LogP contribution in [0.1, 0.15) is 12.5 Å². The molecule has 0 radical (unpaired) electrons. The first-order chi connectivity index (χ1) is 6.15. The van der Waals surface area contributed by atoms with Crippen molar-refractivity contribution in [2.45, 2.75) is 6.92 Å². The maximum Gasteiger partial charge on any atom is 0.138 e. The Bertz CT molecular complexity index is 334. The molecule has 0 aromatic heterocycles. The quantitative estimate of drug-likeness (QED) is 0.312. The van der Waals surface area contributed by atoms with Gasteiger partial charge in [0.25, 0.3) is 0 Å². The zero-order valence-electron chi connectivity index (χ0n) is 7.61. The van der Waals surface area contributed by atoms with Crippen molar-refractivity contribution in [1.29, 1.82) is 0 Å². The molecular weight excluding hydrogens is 168 g/mol. The van der Waals surface area contributed by atoms with Gasteiger partial charge in [-0.05, 0) is 25.1 Å². The molecule has 0 unspecified atom stereocenters. The highest BCUT2D eigenvalue weighted by atomic mass is 16.6. The van der Waals surface area contributed by atoms with E-state index in [1.165, 1.54) is 13.2 Å². The highest BCUT2D eigenvalue weighted by Gasteiger charge is 2.01. The van der Waals surface area contributed by atoms with Gasteiger partial charge in [-0.15, -0.1) is 0 Å². The van der Waals surface area contributed by atoms with E-state index in [4.69, 9.17) is 10.8 Å². The van der Waals surface area contributed by atoms with E-state index in [1.54, 1.807) is 19.1 Å². The number of aromatic hydroxyl groups is 1. The molecule has 1 rings (SSSR count). The van der Waals surface area contributed by atoms with E-state index in [2.05, 4.69) is 9.99 Å². The highest BCUT2D eigenvalue weighted by molar-refractivity contribution is 5.99. The van der Waals surface area contributed by atoms with Crippen LogP contribution >= 0.6 is 0 Å². The lowest BCUT2D eigenvalue weighted by molar-refractivity contribution is 0.213. The van der Waals surface area contributed by atoms with E-state index < -0.39 is 0 Å². The Morgan fingerprint density at radius 1 is 1.54 bits per heavy atom. The van der Waals surface area contributed by atoms with Gasteiger partial charge in [0, 0.05) is 5.56 Å². The number of phenolic OH excluding ortho intramolecular Hbond substituents is 1. The predicted octanol–water partition coefficient (Wildman–Crippen LogP) is 1.34. The molecule has 70 valence electrons. The molecule has 4 heteroatoms. The van der Waals surface area contributed by atoms with Gasteiger partial charge in [-0.1, -0.05) is 5.16 Å². The molecule has 0 saturated heterocycles. The lowest BCUT2D eigenvalue weighted by atomic mass is 10.1. The van der Waals surface area contributed by atoms with Crippen LogP contribution in [0.2, 0.25) is 0 Å². The molecule has 4 nitrogen and oxygen atoms in total. The van der Waals surface area contributed by atoms with Crippen molar-refractivity contribution in [3.05, 3.63) is 23.8 Å². The minimum Gasteiger partial charge on any atom is -0.506 e. The van der Waals surface area contributed by atoms with Gasteiger partial charge < -0.3 is 15.7 Å². The van der Waals surface area contributed by atoms with Crippen molar-refractivity contribution < 1.29 is 9.94 Å². The Morgan fingerprint density at radius 2 is 2.23 bits per heavy atom. The van der Waals surface area contributed by atoms with Crippen LogP contribution in [0.25, 0.3) is 0 Å². The molecule has 0 saturated carbocycles. The molecule has 0 aliphatic carbocycles. The molecule has 0 heterocycles. The lowest BCUT2D eigenvalue weighted by Gasteiger charge is -2.02. The van der Waals surface area contributed by atoms with Crippen molar-refractivity contribution in [3.63, 3.8) is 0 Å². The zero-order valence-corrected chi connectivity index (χ0v) is 7.61. The topological polar surface area (TPSA) is 67.8 Å². The minimum atomic E-state index is 0.0777. The second-order valence-electron chi connectivity index (χ2n) is 2.63. The summed E-state index contributed by atoms with van der Waals surface area (Å²) < 4.78 is 0. The van der Waals surface area contributed by atoms with Crippen molar-refractivity contribution in [3.8, 4) is 5.75 Å². The van der Waals surface area contributed by atoms with Crippen molar-refractivity contribution >= 4 is 11.4 Å². The van der Waals surface area contributed by atoms with E-state index in [0.717, 1.165) is 5.56 Å². The third-order valence-corrected chi connectivity index (χ3v) is 1.67. The first-order valence-electron chi connectivity index (χ1n) is 3.81. The summed E-state index contributed by atoms with van der Waals surface area (Å²) in [6.07, 6.45) is 0. The molecule has 0 amide bonds. The van der Waals surface area contributed by atoms with E-state index >= 15 is 0 Å². The first kappa shape index (κ1) is 9.38. The monoisotopic (exact) mass is 180 g/mol. The third kappa shape index (κ3) is 2.11. The van der Waals surface area contributed by atoms with Crippen LogP contribution in [0.5, 0.6) is 5.75 Å². The maximum atomic E-state index is 9.16. The molecule has 0 fully saturated rings. The second kappa shape index (κ2) is 3.80. The summed E-state index contributed by atoms with van der Waals surface area (Å²) in [6, 6.07) is 4.90. The first-order valence-corrected chi connectivity index (χ1v) is 3.81. The SMILES string of the molecule is CO/N=C(\C)c1ccc(O)c(N)c1. The smallest absolute Gasteiger partial charge is 0.138 e. The van der Waals surface area contributed by atoms with Gasteiger partial charge >= 0.3 is 0 Å². The molecule has 0 atom stereocenters. The molecule has 0 spiro atoms. The standard InChI is InChI=1S/C9H12N2O2/c1-6(11-13-2)7-3-4-9(12)8(10)5-7/h3-5,12H,10H2,1-2H3/b11-6+. The van der Waals surface area contributed by atoms with Gasteiger partial charge in [0.05, 0.1) is 11.4 Å². The molecule has 0 bridgehead atoms. The average Bonchev–Trinajstić information content (AvgIpc) is 2.10. The number of hydrogen-bond acceptors (Lipinski definition) is 4. The van der Waals surface area contributed by atoms with E-state index in [9.17, 15) is 0 Å². The summed E-state index contributed by atoms with van der Waals surface area (Å²) in [5, 5.41) is 12.9. The van der Waals surface area contributed by atoms with Crippen molar-refractivity contribution in [2.75, 3.05) is 12.8 Å². The Kier molecular flexibility index (Phi) is 2.74. The van der Waals surface area contributed by atoms with Crippen LogP contribution in [0.4, 0.5) is 5.69 Å². The fourth-order valence-corrected chi connectivity index (χ4v) is 0.969. The fraction of sp³-hybridized carbons (Fsp3) is 0.222. The number of hydrogen-bond donors (Lipinski definition) is 2. The molecule has 1 aromatic carbocycles. The summed E-state index contributed by atoms with van der Waals surface area (Å²) in [5.41, 5.74) is 7.39. The van der Waals surface area contributed by atoms with Gasteiger partial charge in [-0.25, -0.2) is 0 Å².